The molecule has 0 spiro atoms. The summed E-state index contributed by atoms with van der Waals surface area (Å²) in [5, 5.41) is 5.04. The van der Waals surface area contributed by atoms with Crippen molar-refractivity contribution >= 4 is 56.2 Å². The normalized spacial score (nSPS) is 11.2. The average molecular weight is 460 g/mol. The lowest BCUT2D eigenvalue weighted by molar-refractivity contribution is -0.116. The van der Waals surface area contributed by atoms with Crippen LogP contribution in [0.5, 0.6) is 0 Å². The van der Waals surface area contributed by atoms with Gasteiger partial charge in [0.05, 0.1) is 11.1 Å². The van der Waals surface area contributed by atoms with Crippen LogP contribution >= 0.6 is 34.4 Å². The average Bonchev–Trinajstić information content (AvgIpc) is 3.41. The van der Waals surface area contributed by atoms with Crippen molar-refractivity contribution in [2.24, 2.45) is 7.05 Å². The number of amides is 1. The van der Waals surface area contributed by atoms with E-state index in [0.717, 1.165) is 10.4 Å². The molecule has 0 aliphatic heterocycles. The summed E-state index contributed by atoms with van der Waals surface area (Å²) in [5.74, 6) is -0.351. The first-order valence-electron chi connectivity index (χ1n) is 9.20. The molecule has 0 aliphatic rings. The van der Waals surface area contributed by atoms with Crippen LogP contribution < -0.4 is 10.5 Å². The molecule has 30 heavy (non-hydrogen) atoms. The number of aromatic nitrogens is 2. The first-order chi connectivity index (χ1) is 14.5. The van der Waals surface area contributed by atoms with Gasteiger partial charge in [0.15, 0.2) is 5.16 Å². The van der Waals surface area contributed by atoms with E-state index in [1.807, 2.05) is 29.8 Å². The summed E-state index contributed by atoms with van der Waals surface area (Å²) >= 11 is 4.24. The highest BCUT2D eigenvalue weighted by atomic mass is 32.2. The molecule has 3 heterocycles. The van der Waals surface area contributed by atoms with Crippen molar-refractivity contribution in [3.63, 3.8) is 0 Å². The summed E-state index contributed by atoms with van der Waals surface area (Å²) in [6, 6.07) is 9.77. The molecule has 154 valence electrons. The third-order valence-corrected chi connectivity index (χ3v) is 7.43. The van der Waals surface area contributed by atoms with Crippen molar-refractivity contribution in [3.05, 3.63) is 63.3 Å². The fraction of sp³-hybridized carbons (Fsp3) is 0.190. The van der Waals surface area contributed by atoms with Crippen LogP contribution in [0, 0.1) is 5.82 Å². The molecule has 1 aromatic carbocycles. The number of hydrogen-bond acceptors (Lipinski definition) is 6. The smallest absolute Gasteiger partial charge is 0.263 e. The minimum Gasteiger partial charge on any atom is -0.312 e. The van der Waals surface area contributed by atoms with E-state index in [9.17, 15) is 14.0 Å². The third kappa shape index (κ3) is 3.92. The van der Waals surface area contributed by atoms with E-state index in [1.54, 1.807) is 35.4 Å². The number of rotatable bonds is 6. The van der Waals surface area contributed by atoms with Crippen LogP contribution in [0.3, 0.4) is 0 Å². The maximum atomic E-state index is 13.2. The number of thiophene rings is 2. The molecule has 1 amide bonds. The van der Waals surface area contributed by atoms with Gasteiger partial charge in [0.2, 0.25) is 5.91 Å². The van der Waals surface area contributed by atoms with Gasteiger partial charge in [0.1, 0.15) is 10.6 Å². The molecule has 4 rings (SSSR count). The van der Waals surface area contributed by atoms with E-state index in [0.29, 0.717) is 27.6 Å². The minimum atomic E-state index is -0.345. The molecule has 3 aromatic heterocycles. The summed E-state index contributed by atoms with van der Waals surface area (Å²) in [6.07, 6.45) is 0. The number of hydrogen-bond donors (Lipinski definition) is 0. The van der Waals surface area contributed by atoms with Gasteiger partial charge in [-0.1, -0.05) is 17.8 Å². The topological polar surface area (TPSA) is 55.2 Å². The Balaban J connectivity index is 1.58. The fourth-order valence-electron chi connectivity index (χ4n) is 3.12. The third-order valence-electron chi connectivity index (χ3n) is 4.64. The summed E-state index contributed by atoms with van der Waals surface area (Å²) in [4.78, 5) is 33.7. The van der Waals surface area contributed by atoms with Crippen LogP contribution in [0.15, 0.2) is 57.1 Å². The highest BCUT2D eigenvalue weighted by Crippen LogP contribution is 2.34. The predicted octanol–water partition coefficient (Wildman–Crippen LogP) is 5.01. The van der Waals surface area contributed by atoms with Crippen LogP contribution in [0.1, 0.15) is 6.92 Å². The van der Waals surface area contributed by atoms with Gasteiger partial charge in [0.25, 0.3) is 5.56 Å². The van der Waals surface area contributed by atoms with Crippen molar-refractivity contribution in [1.82, 2.24) is 9.55 Å². The van der Waals surface area contributed by atoms with Crippen LogP contribution in [0.4, 0.5) is 10.1 Å². The minimum absolute atomic E-state index is 0.120. The summed E-state index contributed by atoms with van der Waals surface area (Å²) in [5.41, 5.74) is 1.42. The lowest BCUT2D eigenvalue weighted by atomic mass is 10.2. The van der Waals surface area contributed by atoms with Crippen LogP contribution in [0.2, 0.25) is 0 Å². The maximum Gasteiger partial charge on any atom is 0.263 e. The van der Waals surface area contributed by atoms with E-state index in [4.69, 9.17) is 0 Å². The Kier molecular flexibility index (Phi) is 6.03. The molecule has 0 unspecified atom stereocenters. The molecule has 0 fully saturated rings. The Morgan fingerprint density at radius 2 is 2.00 bits per heavy atom. The highest BCUT2D eigenvalue weighted by molar-refractivity contribution is 7.99. The molecule has 5 nitrogen and oxygen atoms in total. The number of carbonyl (C=O) groups excluding carboxylic acids is 1. The molecule has 0 N–H and O–H groups in total. The van der Waals surface area contributed by atoms with E-state index >= 15 is 0 Å². The first kappa shape index (κ1) is 20.8. The number of halogens is 1. The van der Waals surface area contributed by atoms with E-state index in [1.165, 1.54) is 39.8 Å². The van der Waals surface area contributed by atoms with Crippen LogP contribution in [-0.2, 0) is 11.8 Å². The predicted molar refractivity (Wildman–Crippen MR) is 123 cm³/mol. The second-order valence-corrected chi connectivity index (χ2v) is 9.22. The Hall–Kier alpha value is -2.49. The van der Waals surface area contributed by atoms with Crippen LogP contribution in [-0.4, -0.2) is 27.8 Å². The molecule has 0 bridgehead atoms. The number of benzene rings is 1. The standard InChI is InChI=1S/C21H18FN3O2S3/c1-3-25(14-8-6-13(22)7-9-14)17(26)12-30-21-23-19-18(20(27)24(21)2)15(11-29-19)16-5-4-10-28-16/h4-11H,3,12H2,1-2H3. The summed E-state index contributed by atoms with van der Waals surface area (Å²) in [6.45, 7) is 2.33. The Morgan fingerprint density at radius 3 is 2.67 bits per heavy atom. The molecule has 9 heteroatoms. The lowest BCUT2D eigenvalue weighted by Crippen LogP contribution is -2.32. The van der Waals surface area contributed by atoms with Gasteiger partial charge in [0, 0.05) is 35.1 Å². The molecule has 0 aliphatic carbocycles. The summed E-state index contributed by atoms with van der Waals surface area (Å²) in [7, 11) is 1.68. The lowest BCUT2D eigenvalue weighted by Gasteiger charge is -2.21. The quantitative estimate of drug-likeness (QED) is 0.301. The monoisotopic (exact) mass is 459 g/mol. The number of thioether (sulfide) groups is 1. The van der Waals surface area contributed by atoms with Gasteiger partial charge in [-0.15, -0.1) is 22.7 Å². The SMILES string of the molecule is CCN(C(=O)CSc1nc2scc(-c3cccs3)c2c(=O)n1C)c1ccc(F)cc1. The van der Waals surface area contributed by atoms with Crippen molar-refractivity contribution in [2.75, 3.05) is 17.2 Å². The van der Waals surface area contributed by atoms with Crippen LogP contribution in [0.25, 0.3) is 20.7 Å². The molecule has 4 aromatic rings. The second kappa shape index (κ2) is 8.71. The zero-order valence-corrected chi connectivity index (χ0v) is 18.7. The number of nitrogens with zero attached hydrogens (tertiary/aromatic N) is 3. The van der Waals surface area contributed by atoms with Crippen molar-refractivity contribution in [3.8, 4) is 10.4 Å². The Labute approximate surface area is 184 Å². The molecular weight excluding hydrogens is 441 g/mol. The molecule has 0 radical (unpaired) electrons. The van der Waals surface area contributed by atoms with Gasteiger partial charge >= 0.3 is 0 Å². The number of anilines is 1. The molecule has 0 saturated carbocycles. The zero-order valence-electron chi connectivity index (χ0n) is 16.3. The highest BCUT2D eigenvalue weighted by Gasteiger charge is 2.19. The Morgan fingerprint density at radius 1 is 1.23 bits per heavy atom. The van der Waals surface area contributed by atoms with Gasteiger partial charge in [-0.3, -0.25) is 14.2 Å². The van der Waals surface area contributed by atoms with Crippen molar-refractivity contribution < 1.29 is 9.18 Å². The zero-order chi connectivity index (χ0) is 21.3. The first-order valence-corrected chi connectivity index (χ1v) is 11.9. The van der Waals surface area contributed by atoms with E-state index in [2.05, 4.69) is 4.98 Å². The molecule has 0 saturated heterocycles. The number of fused-ring (bicyclic) bond motifs is 1. The van der Waals surface area contributed by atoms with Gasteiger partial charge < -0.3 is 4.90 Å². The van der Waals surface area contributed by atoms with Crippen molar-refractivity contribution in [1.29, 1.82) is 0 Å². The number of carbonyl (C=O) groups is 1. The maximum absolute atomic E-state index is 13.2. The molecular formula is C21H18FN3O2S3. The largest absolute Gasteiger partial charge is 0.312 e. The van der Waals surface area contributed by atoms with Crippen molar-refractivity contribution in [2.45, 2.75) is 12.1 Å². The molecule has 0 atom stereocenters. The van der Waals surface area contributed by atoms with E-state index < -0.39 is 0 Å². The second-order valence-electron chi connectivity index (χ2n) is 6.47. The fourth-order valence-corrected chi connectivity index (χ4v) is 5.77. The van der Waals surface area contributed by atoms with Gasteiger partial charge in [-0.05, 0) is 42.6 Å². The van der Waals surface area contributed by atoms with Gasteiger partial charge in [-0.25, -0.2) is 9.37 Å². The van der Waals surface area contributed by atoms with E-state index in [-0.39, 0.29) is 23.0 Å². The van der Waals surface area contributed by atoms with Gasteiger partial charge in [-0.2, -0.15) is 0 Å². The Bertz CT molecular complexity index is 1250. The summed E-state index contributed by atoms with van der Waals surface area (Å²) < 4.78 is 14.7.